The summed E-state index contributed by atoms with van der Waals surface area (Å²) in [5.41, 5.74) is 0.932. The van der Waals surface area contributed by atoms with Crippen molar-refractivity contribution in [2.75, 3.05) is 13.1 Å². The van der Waals surface area contributed by atoms with Gasteiger partial charge in [0.15, 0.2) is 0 Å². The van der Waals surface area contributed by atoms with Gasteiger partial charge in [0, 0.05) is 6.54 Å². The van der Waals surface area contributed by atoms with Crippen molar-refractivity contribution < 1.29 is 5.11 Å². The van der Waals surface area contributed by atoms with Gasteiger partial charge in [-0.05, 0) is 39.7 Å². The van der Waals surface area contributed by atoms with E-state index in [1.165, 1.54) is 5.57 Å². The first-order chi connectivity index (χ1) is 5.58. The molecule has 70 valence electrons. The summed E-state index contributed by atoms with van der Waals surface area (Å²) in [5, 5.41) is 12.8. The zero-order valence-corrected chi connectivity index (χ0v) is 8.06. The quantitative estimate of drug-likeness (QED) is 0.627. The van der Waals surface area contributed by atoms with E-state index in [4.69, 9.17) is 0 Å². The molecule has 0 unspecified atom stereocenters. The van der Waals surface area contributed by atoms with Crippen molar-refractivity contribution in [1.82, 2.24) is 5.32 Å². The molecule has 0 bridgehead atoms. The van der Waals surface area contributed by atoms with E-state index in [2.05, 4.69) is 11.4 Å². The minimum atomic E-state index is -0.516. The molecule has 1 heterocycles. The minimum Gasteiger partial charge on any atom is -0.390 e. The fourth-order valence-corrected chi connectivity index (χ4v) is 1.36. The molecule has 0 aromatic carbocycles. The van der Waals surface area contributed by atoms with Crippen molar-refractivity contribution in [3.63, 3.8) is 0 Å². The van der Waals surface area contributed by atoms with E-state index in [9.17, 15) is 5.11 Å². The number of hydrogen-bond donors (Lipinski definition) is 2. The molecule has 2 heteroatoms. The largest absolute Gasteiger partial charge is 0.390 e. The first-order valence-corrected chi connectivity index (χ1v) is 4.69. The minimum absolute atomic E-state index is 0.516. The van der Waals surface area contributed by atoms with Crippen LogP contribution in [0.4, 0.5) is 0 Å². The van der Waals surface area contributed by atoms with Crippen molar-refractivity contribution in [2.24, 2.45) is 0 Å². The zero-order valence-electron chi connectivity index (χ0n) is 8.06. The fourth-order valence-electron chi connectivity index (χ4n) is 1.36. The van der Waals surface area contributed by atoms with Crippen LogP contribution in [0.1, 0.15) is 33.1 Å². The van der Waals surface area contributed by atoms with Crippen LogP contribution in [-0.2, 0) is 0 Å². The molecule has 0 amide bonds. The van der Waals surface area contributed by atoms with Gasteiger partial charge < -0.3 is 10.4 Å². The Morgan fingerprint density at radius 2 is 2.33 bits per heavy atom. The Morgan fingerprint density at radius 1 is 1.58 bits per heavy atom. The number of hydrogen-bond acceptors (Lipinski definition) is 2. The Balaban J connectivity index is 2.26. The Kier molecular flexibility index (Phi) is 3.29. The van der Waals surface area contributed by atoms with Gasteiger partial charge in [0.1, 0.15) is 0 Å². The smallest absolute Gasteiger partial charge is 0.0594 e. The van der Waals surface area contributed by atoms with E-state index in [1.54, 1.807) is 0 Å². The van der Waals surface area contributed by atoms with Gasteiger partial charge in [0.25, 0.3) is 0 Å². The first-order valence-electron chi connectivity index (χ1n) is 4.69. The lowest BCUT2D eigenvalue weighted by Crippen LogP contribution is -2.24. The molecule has 12 heavy (non-hydrogen) atoms. The molecule has 1 aliphatic heterocycles. The van der Waals surface area contributed by atoms with Crippen LogP contribution in [-0.4, -0.2) is 23.8 Å². The van der Waals surface area contributed by atoms with E-state index in [1.807, 2.05) is 13.8 Å². The third kappa shape index (κ3) is 3.88. The molecule has 2 N–H and O–H groups in total. The maximum atomic E-state index is 9.50. The fraction of sp³-hybridized carbons (Fsp3) is 0.800. The van der Waals surface area contributed by atoms with Crippen LogP contribution in [0.15, 0.2) is 11.6 Å². The summed E-state index contributed by atoms with van der Waals surface area (Å²) in [7, 11) is 0. The van der Waals surface area contributed by atoms with Gasteiger partial charge in [-0.2, -0.15) is 0 Å². The SMILES string of the molecule is CC(C)(O)CCC1=CCCNC1. The molecule has 0 atom stereocenters. The van der Waals surface area contributed by atoms with E-state index in [0.29, 0.717) is 0 Å². The monoisotopic (exact) mass is 169 g/mol. The Labute approximate surface area is 74.7 Å². The topological polar surface area (TPSA) is 32.3 Å². The summed E-state index contributed by atoms with van der Waals surface area (Å²) in [6.45, 7) is 5.84. The van der Waals surface area contributed by atoms with Crippen molar-refractivity contribution in [3.8, 4) is 0 Å². The van der Waals surface area contributed by atoms with Crippen molar-refractivity contribution in [2.45, 2.75) is 38.7 Å². The Morgan fingerprint density at radius 3 is 2.83 bits per heavy atom. The number of aliphatic hydroxyl groups is 1. The molecular formula is C10H19NO. The van der Waals surface area contributed by atoms with Gasteiger partial charge in [0.05, 0.1) is 5.60 Å². The van der Waals surface area contributed by atoms with Gasteiger partial charge >= 0.3 is 0 Å². The van der Waals surface area contributed by atoms with E-state index in [-0.39, 0.29) is 0 Å². The zero-order chi connectivity index (χ0) is 9.03. The summed E-state index contributed by atoms with van der Waals surface area (Å²) >= 11 is 0. The third-order valence-electron chi connectivity index (χ3n) is 2.16. The molecule has 0 radical (unpaired) electrons. The van der Waals surface area contributed by atoms with Gasteiger partial charge in [0.2, 0.25) is 0 Å². The first kappa shape index (κ1) is 9.75. The molecule has 0 fully saturated rings. The molecule has 0 saturated heterocycles. The van der Waals surface area contributed by atoms with Crippen LogP contribution in [0.5, 0.6) is 0 Å². The van der Waals surface area contributed by atoms with Crippen LogP contribution in [0, 0.1) is 0 Å². The van der Waals surface area contributed by atoms with Crippen LogP contribution in [0.25, 0.3) is 0 Å². The van der Waals surface area contributed by atoms with Crippen LogP contribution in [0.3, 0.4) is 0 Å². The predicted octanol–water partition coefficient (Wildman–Crippen LogP) is 1.46. The number of nitrogens with one attached hydrogen (secondary N) is 1. The van der Waals surface area contributed by atoms with Gasteiger partial charge in [-0.1, -0.05) is 11.6 Å². The Bertz CT molecular complexity index is 167. The lowest BCUT2D eigenvalue weighted by molar-refractivity contribution is 0.0711. The third-order valence-corrected chi connectivity index (χ3v) is 2.16. The highest BCUT2D eigenvalue weighted by Gasteiger charge is 2.13. The van der Waals surface area contributed by atoms with Crippen LogP contribution >= 0.6 is 0 Å². The average molecular weight is 169 g/mol. The molecule has 0 spiro atoms. The highest BCUT2D eigenvalue weighted by atomic mass is 16.3. The van der Waals surface area contributed by atoms with Gasteiger partial charge in [-0.3, -0.25) is 0 Å². The standard InChI is InChI=1S/C10H19NO/c1-10(2,12)6-5-9-4-3-7-11-8-9/h4,11-12H,3,5-8H2,1-2H3. The lowest BCUT2D eigenvalue weighted by atomic mass is 9.97. The van der Waals surface area contributed by atoms with Crippen molar-refractivity contribution in [1.29, 1.82) is 0 Å². The maximum absolute atomic E-state index is 9.50. The Hall–Kier alpha value is -0.340. The van der Waals surface area contributed by atoms with Crippen LogP contribution in [0.2, 0.25) is 0 Å². The molecule has 0 aliphatic carbocycles. The highest BCUT2D eigenvalue weighted by molar-refractivity contribution is 5.07. The maximum Gasteiger partial charge on any atom is 0.0594 e. The molecule has 0 aromatic rings. The molecule has 2 nitrogen and oxygen atoms in total. The average Bonchev–Trinajstić information content (AvgIpc) is 2.02. The van der Waals surface area contributed by atoms with Crippen LogP contribution < -0.4 is 5.32 Å². The van der Waals surface area contributed by atoms with Gasteiger partial charge in [-0.25, -0.2) is 0 Å². The molecular weight excluding hydrogens is 150 g/mol. The second-order valence-corrected chi connectivity index (χ2v) is 4.14. The molecule has 0 aromatic heterocycles. The molecule has 0 saturated carbocycles. The molecule has 1 aliphatic rings. The normalized spacial score (nSPS) is 19.1. The summed E-state index contributed by atoms with van der Waals surface area (Å²) < 4.78 is 0. The van der Waals surface area contributed by atoms with Gasteiger partial charge in [-0.15, -0.1) is 0 Å². The van der Waals surface area contributed by atoms with Crippen molar-refractivity contribution >= 4 is 0 Å². The second-order valence-electron chi connectivity index (χ2n) is 4.14. The summed E-state index contributed by atoms with van der Waals surface area (Å²) in [5.74, 6) is 0. The summed E-state index contributed by atoms with van der Waals surface area (Å²) in [6, 6.07) is 0. The highest BCUT2D eigenvalue weighted by Crippen LogP contribution is 2.16. The van der Waals surface area contributed by atoms with E-state index >= 15 is 0 Å². The molecule has 1 rings (SSSR count). The van der Waals surface area contributed by atoms with Crippen molar-refractivity contribution in [3.05, 3.63) is 11.6 Å². The second kappa shape index (κ2) is 4.06. The summed E-state index contributed by atoms with van der Waals surface area (Å²) in [6.07, 6.45) is 5.32. The number of rotatable bonds is 3. The predicted molar refractivity (Wildman–Crippen MR) is 51.1 cm³/mol. The van der Waals surface area contributed by atoms with E-state index < -0.39 is 5.60 Å². The van der Waals surface area contributed by atoms with E-state index in [0.717, 1.165) is 32.4 Å². The summed E-state index contributed by atoms with van der Waals surface area (Å²) in [4.78, 5) is 0. The lowest BCUT2D eigenvalue weighted by Gasteiger charge is -2.20.